The van der Waals surface area contributed by atoms with Crippen LogP contribution in [0.2, 0.25) is 0 Å². The fourth-order valence-corrected chi connectivity index (χ4v) is 1.49. The van der Waals surface area contributed by atoms with Crippen molar-refractivity contribution < 1.29 is 0 Å². The van der Waals surface area contributed by atoms with E-state index < -0.39 is 0 Å². The van der Waals surface area contributed by atoms with E-state index in [1.54, 1.807) is 12.4 Å². The van der Waals surface area contributed by atoms with Gasteiger partial charge < -0.3 is 4.98 Å². The summed E-state index contributed by atoms with van der Waals surface area (Å²) in [7, 11) is 0. The molecule has 0 saturated carbocycles. The number of rotatable bonds is 1. The van der Waals surface area contributed by atoms with E-state index in [4.69, 9.17) is 0 Å². The van der Waals surface area contributed by atoms with Crippen LogP contribution in [0.4, 0.5) is 5.69 Å². The van der Waals surface area contributed by atoms with Gasteiger partial charge in [0.2, 0.25) is 0 Å². The van der Waals surface area contributed by atoms with Gasteiger partial charge in [0, 0.05) is 18.0 Å². The van der Waals surface area contributed by atoms with Crippen LogP contribution in [0, 0.1) is 0 Å². The molecule has 0 fully saturated rings. The summed E-state index contributed by atoms with van der Waals surface area (Å²) in [6.07, 6.45) is 3.48. The van der Waals surface area contributed by atoms with Crippen LogP contribution in [0.1, 0.15) is 11.4 Å². The first-order valence-corrected chi connectivity index (χ1v) is 4.33. The minimum absolute atomic E-state index is 0.763. The van der Waals surface area contributed by atoms with Gasteiger partial charge in [-0.3, -0.25) is 0 Å². The normalized spacial score (nSPS) is 13.3. The molecule has 0 saturated heterocycles. The molecule has 67 valence electrons. The molecule has 1 aromatic heterocycles. The number of aromatic amines is 1. The van der Waals surface area contributed by atoms with Crippen molar-refractivity contribution in [1.29, 1.82) is 0 Å². The van der Waals surface area contributed by atoms with Gasteiger partial charge in [-0.25, -0.2) is 4.98 Å². The first kappa shape index (κ1) is 7.32. The first-order valence-electron chi connectivity index (χ1n) is 4.33. The first-order chi connectivity index (χ1) is 6.95. The van der Waals surface area contributed by atoms with Gasteiger partial charge >= 0.3 is 0 Å². The maximum absolute atomic E-state index is 4.15. The van der Waals surface area contributed by atoms with Crippen LogP contribution in [0.15, 0.2) is 41.8 Å². The molecule has 1 radical (unpaired) electrons. The third-order valence-electron chi connectivity index (χ3n) is 2.14. The van der Waals surface area contributed by atoms with Crippen molar-refractivity contribution in [3.05, 3.63) is 48.0 Å². The SMILES string of the molecule is c1ccc2c(c1)[N]N=C2c1ncc[nH]1. The monoisotopic (exact) mass is 183 g/mol. The van der Waals surface area contributed by atoms with E-state index in [0.717, 1.165) is 22.8 Å². The average molecular weight is 183 g/mol. The van der Waals surface area contributed by atoms with Crippen LogP contribution in [0.3, 0.4) is 0 Å². The van der Waals surface area contributed by atoms with Gasteiger partial charge in [0.25, 0.3) is 0 Å². The molecule has 1 N–H and O–H groups in total. The Kier molecular flexibility index (Phi) is 1.41. The summed E-state index contributed by atoms with van der Waals surface area (Å²) in [5.74, 6) is 0.763. The van der Waals surface area contributed by atoms with Crippen molar-refractivity contribution in [3.8, 4) is 0 Å². The van der Waals surface area contributed by atoms with Gasteiger partial charge in [0.15, 0.2) is 5.82 Å². The molecule has 0 unspecified atom stereocenters. The van der Waals surface area contributed by atoms with Crippen LogP contribution >= 0.6 is 0 Å². The molecule has 0 amide bonds. The zero-order valence-electron chi connectivity index (χ0n) is 7.31. The summed E-state index contributed by atoms with van der Waals surface area (Å²) in [4.78, 5) is 7.17. The fourth-order valence-electron chi connectivity index (χ4n) is 1.49. The zero-order valence-corrected chi connectivity index (χ0v) is 7.31. The van der Waals surface area contributed by atoms with Crippen molar-refractivity contribution in [2.24, 2.45) is 5.10 Å². The summed E-state index contributed by atoms with van der Waals surface area (Å²) >= 11 is 0. The van der Waals surface area contributed by atoms with Crippen LogP contribution in [-0.2, 0) is 0 Å². The number of H-pyrrole nitrogens is 1. The minimum atomic E-state index is 0.763. The van der Waals surface area contributed by atoms with Crippen molar-refractivity contribution in [3.63, 3.8) is 0 Å². The predicted molar refractivity (Wildman–Crippen MR) is 52.5 cm³/mol. The lowest BCUT2D eigenvalue weighted by Gasteiger charge is -1.96. The number of hydrogen-bond acceptors (Lipinski definition) is 2. The van der Waals surface area contributed by atoms with E-state index in [-0.39, 0.29) is 0 Å². The van der Waals surface area contributed by atoms with E-state index in [0.29, 0.717) is 0 Å². The van der Waals surface area contributed by atoms with E-state index in [1.165, 1.54) is 0 Å². The number of aromatic nitrogens is 2. The third kappa shape index (κ3) is 0.939. The van der Waals surface area contributed by atoms with Crippen LogP contribution < -0.4 is 5.43 Å². The number of fused-ring (bicyclic) bond motifs is 1. The molecular weight excluding hydrogens is 176 g/mol. The lowest BCUT2D eigenvalue weighted by Crippen LogP contribution is -2.01. The zero-order chi connectivity index (χ0) is 9.38. The molecular formula is C10H7N4. The third-order valence-corrected chi connectivity index (χ3v) is 2.14. The van der Waals surface area contributed by atoms with E-state index in [9.17, 15) is 0 Å². The summed E-state index contributed by atoms with van der Waals surface area (Å²) in [5.41, 5.74) is 6.81. The van der Waals surface area contributed by atoms with Crippen molar-refractivity contribution in [2.45, 2.75) is 0 Å². The molecule has 0 spiro atoms. The van der Waals surface area contributed by atoms with Crippen LogP contribution in [0.5, 0.6) is 0 Å². The van der Waals surface area contributed by atoms with Gasteiger partial charge in [0.05, 0.1) is 5.69 Å². The van der Waals surface area contributed by atoms with E-state index in [1.807, 2.05) is 24.3 Å². The Morgan fingerprint density at radius 3 is 2.93 bits per heavy atom. The Labute approximate surface area is 80.7 Å². The highest BCUT2D eigenvalue weighted by molar-refractivity contribution is 6.15. The molecule has 2 aromatic rings. The topological polar surface area (TPSA) is 55.1 Å². The molecule has 4 heteroatoms. The number of nitrogens with zero attached hydrogens (tertiary/aromatic N) is 3. The molecule has 4 nitrogen and oxygen atoms in total. The Hall–Kier alpha value is -2.10. The highest BCUT2D eigenvalue weighted by Crippen LogP contribution is 2.23. The molecule has 1 aliphatic heterocycles. The number of benzene rings is 1. The van der Waals surface area contributed by atoms with Gasteiger partial charge in [0.1, 0.15) is 5.71 Å². The van der Waals surface area contributed by atoms with Crippen LogP contribution in [0.25, 0.3) is 0 Å². The van der Waals surface area contributed by atoms with Gasteiger partial charge in [-0.2, -0.15) is 0 Å². The second-order valence-corrected chi connectivity index (χ2v) is 3.00. The molecule has 0 aliphatic carbocycles. The van der Waals surface area contributed by atoms with Crippen molar-refractivity contribution in [2.75, 3.05) is 0 Å². The molecule has 0 atom stereocenters. The summed E-state index contributed by atoms with van der Waals surface area (Å²) in [5, 5.41) is 4.09. The molecule has 1 aliphatic rings. The van der Waals surface area contributed by atoms with Crippen LogP contribution in [-0.4, -0.2) is 15.7 Å². The molecule has 14 heavy (non-hydrogen) atoms. The van der Waals surface area contributed by atoms with E-state index >= 15 is 0 Å². The van der Waals surface area contributed by atoms with Crippen molar-refractivity contribution >= 4 is 11.4 Å². The number of hydrogen-bond donors (Lipinski definition) is 1. The standard InChI is InChI=1S/C10H7N4/c1-2-4-8-7(3-1)9(14-13-8)10-11-5-6-12-10/h1-6H,(H,11,12). The lowest BCUT2D eigenvalue weighted by atomic mass is 10.1. The minimum Gasteiger partial charge on any atom is -0.343 e. The second kappa shape index (κ2) is 2.70. The summed E-state index contributed by atoms with van der Waals surface area (Å²) in [6.45, 7) is 0. The number of nitrogens with one attached hydrogen (secondary N) is 1. The van der Waals surface area contributed by atoms with Crippen molar-refractivity contribution in [1.82, 2.24) is 15.4 Å². The lowest BCUT2D eigenvalue weighted by molar-refractivity contribution is 0.984. The van der Waals surface area contributed by atoms with Gasteiger partial charge in [-0.1, -0.05) is 18.2 Å². The maximum atomic E-state index is 4.15. The fraction of sp³-hybridized carbons (Fsp3) is 0. The Bertz CT molecular complexity index is 485. The number of imidazole rings is 1. The largest absolute Gasteiger partial charge is 0.343 e. The smallest absolute Gasteiger partial charge is 0.158 e. The second-order valence-electron chi connectivity index (χ2n) is 3.00. The van der Waals surface area contributed by atoms with Gasteiger partial charge in [-0.15, -0.1) is 10.5 Å². The quantitative estimate of drug-likeness (QED) is 0.714. The summed E-state index contributed by atoms with van der Waals surface area (Å²) < 4.78 is 0. The average Bonchev–Trinajstić information content (AvgIpc) is 2.85. The summed E-state index contributed by atoms with van der Waals surface area (Å²) in [6, 6.07) is 7.85. The molecule has 1 aromatic carbocycles. The predicted octanol–water partition coefficient (Wildman–Crippen LogP) is 1.41. The highest BCUT2D eigenvalue weighted by atomic mass is 15.3. The Balaban J connectivity index is 2.14. The Morgan fingerprint density at radius 1 is 1.14 bits per heavy atom. The van der Waals surface area contributed by atoms with E-state index in [2.05, 4.69) is 20.5 Å². The maximum Gasteiger partial charge on any atom is 0.158 e. The molecule has 2 heterocycles. The Morgan fingerprint density at radius 2 is 2.07 bits per heavy atom. The molecule has 0 bridgehead atoms. The van der Waals surface area contributed by atoms with Gasteiger partial charge in [-0.05, 0) is 6.07 Å². The highest BCUT2D eigenvalue weighted by Gasteiger charge is 2.19. The molecule has 3 rings (SSSR count).